The first-order valence-electron chi connectivity index (χ1n) is 5.23. The van der Waals surface area contributed by atoms with Crippen LogP contribution in [0.25, 0.3) is 10.9 Å². The van der Waals surface area contributed by atoms with Gasteiger partial charge in [-0.05, 0) is 31.4 Å². The predicted octanol–water partition coefficient (Wildman–Crippen LogP) is 1.77. The molecule has 0 aliphatic heterocycles. The van der Waals surface area contributed by atoms with Crippen molar-refractivity contribution in [1.29, 1.82) is 0 Å². The van der Waals surface area contributed by atoms with Crippen molar-refractivity contribution in [3.63, 3.8) is 0 Å². The van der Waals surface area contributed by atoms with Gasteiger partial charge in [-0.25, -0.2) is 0 Å². The molecule has 0 amide bonds. The van der Waals surface area contributed by atoms with E-state index in [0.29, 0.717) is 5.56 Å². The van der Waals surface area contributed by atoms with Gasteiger partial charge < -0.3 is 9.67 Å². The van der Waals surface area contributed by atoms with Crippen LogP contribution in [0.3, 0.4) is 0 Å². The smallest absolute Gasteiger partial charge is 0.256 e. The third-order valence-corrected chi connectivity index (χ3v) is 2.79. The second kappa shape index (κ2) is 3.46. The van der Waals surface area contributed by atoms with Crippen molar-refractivity contribution >= 4 is 10.9 Å². The van der Waals surface area contributed by atoms with Gasteiger partial charge in [0, 0.05) is 12.6 Å². The number of hydrogen-bond acceptors (Lipinski definition) is 2. The summed E-state index contributed by atoms with van der Waals surface area (Å²) in [4.78, 5) is 12.0. The summed E-state index contributed by atoms with van der Waals surface area (Å²) in [5.41, 5.74) is 0.0409. The standard InChI is InChI=1S/C13H15NO2/c1-13(2,16)10-8-9-6-4-5-7-11(9)14(3)12(10)15/h4-8,16H,1-3H3. The number of aliphatic hydroxyl groups is 1. The number of rotatable bonds is 1. The number of hydrogen-bond donors (Lipinski definition) is 1. The summed E-state index contributed by atoms with van der Waals surface area (Å²) in [6.07, 6.45) is 0. The summed E-state index contributed by atoms with van der Waals surface area (Å²) in [5.74, 6) is 0. The maximum Gasteiger partial charge on any atom is 0.256 e. The first-order chi connectivity index (χ1) is 7.41. The summed E-state index contributed by atoms with van der Waals surface area (Å²) in [7, 11) is 1.72. The lowest BCUT2D eigenvalue weighted by molar-refractivity contribution is 0.0768. The quantitative estimate of drug-likeness (QED) is 0.791. The Morgan fingerprint density at radius 1 is 1.25 bits per heavy atom. The second-order valence-corrected chi connectivity index (χ2v) is 4.54. The van der Waals surface area contributed by atoms with Gasteiger partial charge in [-0.3, -0.25) is 4.79 Å². The van der Waals surface area contributed by atoms with E-state index in [-0.39, 0.29) is 5.56 Å². The van der Waals surface area contributed by atoms with Crippen LogP contribution in [-0.2, 0) is 12.6 Å². The minimum absolute atomic E-state index is 0.147. The van der Waals surface area contributed by atoms with E-state index in [0.717, 1.165) is 10.9 Å². The maximum absolute atomic E-state index is 12.0. The highest BCUT2D eigenvalue weighted by Gasteiger charge is 2.21. The van der Waals surface area contributed by atoms with E-state index < -0.39 is 5.60 Å². The molecule has 0 atom stereocenters. The van der Waals surface area contributed by atoms with Crippen LogP contribution in [0.15, 0.2) is 35.1 Å². The lowest BCUT2D eigenvalue weighted by Gasteiger charge is -2.18. The van der Waals surface area contributed by atoms with E-state index in [2.05, 4.69) is 0 Å². The van der Waals surface area contributed by atoms with Crippen molar-refractivity contribution in [2.24, 2.45) is 7.05 Å². The minimum atomic E-state index is -1.11. The van der Waals surface area contributed by atoms with Crippen LogP contribution < -0.4 is 5.56 Å². The monoisotopic (exact) mass is 217 g/mol. The molecule has 0 saturated carbocycles. The molecular weight excluding hydrogens is 202 g/mol. The number of aromatic nitrogens is 1. The van der Waals surface area contributed by atoms with Crippen molar-refractivity contribution < 1.29 is 5.11 Å². The van der Waals surface area contributed by atoms with Crippen molar-refractivity contribution in [1.82, 2.24) is 4.57 Å². The molecule has 16 heavy (non-hydrogen) atoms. The number of para-hydroxylation sites is 1. The largest absolute Gasteiger partial charge is 0.386 e. The Morgan fingerprint density at radius 3 is 2.50 bits per heavy atom. The van der Waals surface area contributed by atoms with E-state index in [1.807, 2.05) is 24.3 Å². The van der Waals surface area contributed by atoms with Crippen LogP contribution in [0.2, 0.25) is 0 Å². The van der Waals surface area contributed by atoms with Gasteiger partial charge in [0.25, 0.3) is 5.56 Å². The van der Waals surface area contributed by atoms with Gasteiger partial charge >= 0.3 is 0 Å². The first-order valence-corrected chi connectivity index (χ1v) is 5.23. The summed E-state index contributed by atoms with van der Waals surface area (Å²) >= 11 is 0. The Hall–Kier alpha value is -1.61. The van der Waals surface area contributed by atoms with E-state index in [4.69, 9.17) is 0 Å². The summed E-state index contributed by atoms with van der Waals surface area (Å²) in [6, 6.07) is 9.40. The molecule has 1 aromatic carbocycles. The highest BCUT2D eigenvalue weighted by molar-refractivity contribution is 5.79. The molecule has 84 valence electrons. The third-order valence-electron chi connectivity index (χ3n) is 2.79. The highest BCUT2D eigenvalue weighted by Crippen LogP contribution is 2.20. The molecule has 0 bridgehead atoms. The Balaban J connectivity index is 2.90. The van der Waals surface area contributed by atoms with E-state index in [9.17, 15) is 9.90 Å². The zero-order chi connectivity index (χ0) is 11.9. The highest BCUT2D eigenvalue weighted by atomic mass is 16.3. The first kappa shape index (κ1) is 10.9. The molecule has 3 heteroatoms. The molecule has 1 aromatic heterocycles. The molecular formula is C13H15NO2. The molecule has 0 saturated heterocycles. The molecule has 0 aliphatic rings. The summed E-state index contributed by atoms with van der Waals surface area (Å²) in [6.45, 7) is 3.25. The predicted molar refractivity (Wildman–Crippen MR) is 64.4 cm³/mol. The van der Waals surface area contributed by atoms with Gasteiger partial charge in [0.1, 0.15) is 0 Å². The summed E-state index contributed by atoms with van der Waals surface area (Å²) in [5, 5.41) is 10.9. The number of benzene rings is 1. The lowest BCUT2D eigenvalue weighted by atomic mass is 9.98. The Kier molecular flexibility index (Phi) is 2.35. The molecule has 0 unspecified atom stereocenters. The van der Waals surface area contributed by atoms with Gasteiger partial charge in [0.2, 0.25) is 0 Å². The van der Waals surface area contributed by atoms with Gasteiger partial charge in [-0.2, -0.15) is 0 Å². The Labute approximate surface area is 94.0 Å². The van der Waals surface area contributed by atoms with Crippen LogP contribution in [0.5, 0.6) is 0 Å². The fraction of sp³-hybridized carbons (Fsp3) is 0.308. The fourth-order valence-corrected chi connectivity index (χ4v) is 1.86. The number of fused-ring (bicyclic) bond motifs is 1. The van der Waals surface area contributed by atoms with Crippen molar-refractivity contribution in [3.05, 3.63) is 46.2 Å². The molecule has 0 fully saturated rings. The minimum Gasteiger partial charge on any atom is -0.386 e. The van der Waals surface area contributed by atoms with E-state index in [1.54, 1.807) is 31.5 Å². The zero-order valence-electron chi connectivity index (χ0n) is 9.69. The SMILES string of the molecule is Cn1c(=O)c(C(C)(C)O)cc2ccccc21. The summed E-state index contributed by atoms with van der Waals surface area (Å²) < 4.78 is 1.57. The average Bonchev–Trinajstić information content (AvgIpc) is 2.22. The topological polar surface area (TPSA) is 42.2 Å². The maximum atomic E-state index is 12.0. The molecule has 0 radical (unpaired) electrons. The number of aryl methyl sites for hydroxylation is 1. The number of pyridine rings is 1. The molecule has 1 heterocycles. The van der Waals surface area contributed by atoms with Crippen molar-refractivity contribution in [2.45, 2.75) is 19.4 Å². The van der Waals surface area contributed by atoms with Crippen LogP contribution in [0.1, 0.15) is 19.4 Å². The zero-order valence-corrected chi connectivity index (χ0v) is 9.69. The number of nitrogens with zero attached hydrogens (tertiary/aromatic N) is 1. The Bertz CT molecular complexity index is 591. The molecule has 3 nitrogen and oxygen atoms in total. The van der Waals surface area contributed by atoms with Gasteiger partial charge in [0.15, 0.2) is 0 Å². The molecule has 1 N–H and O–H groups in total. The van der Waals surface area contributed by atoms with E-state index in [1.165, 1.54) is 0 Å². The lowest BCUT2D eigenvalue weighted by Crippen LogP contribution is -2.30. The van der Waals surface area contributed by atoms with Crippen LogP contribution >= 0.6 is 0 Å². The van der Waals surface area contributed by atoms with Gasteiger partial charge in [-0.15, -0.1) is 0 Å². The van der Waals surface area contributed by atoms with Crippen LogP contribution in [0, 0.1) is 0 Å². The fourth-order valence-electron chi connectivity index (χ4n) is 1.86. The normalized spacial score (nSPS) is 12.0. The van der Waals surface area contributed by atoms with Gasteiger partial charge in [-0.1, -0.05) is 18.2 Å². The van der Waals surface area contributed by atoms with Crippen molar-refractivity contribution in [2.75, 3.05) is 0 Å². The van der Waals surface area contributed by atoms with Crippen LogP contribution in [0.4, 0.5) is 0 Å². The molecule has 0 spiro atoms. The van der Waals surface area contributed by atoms with Gasteiger partial charge in [0.05, 0.1) is 11.1 Å². The van der Waals surface area contributed by atoms with Crippen LogP contribution in [-0.4, -0.2) is 9.67 Å². The van der Waals surface area contributed by atoms with Crippen molar-refractivity contribution in [3.8, 4) is 0 Å². The Morgan fingerprint density at radius 2 is 1.88 bits per heavy atom. The third kappa shape index (κ3) is 1.63. The molecule has 2 aromatic rings. The molecule has 0 aliphatic carbocycles. The second-order valence-electron chi connectivity index (χ2n) is 4.54. The molecule has 2 rings (SSSR count). The average molecular weight is 217 g/mol. The van der Waals surface area contributed by atoms with E-state index >= 15 is 0 Å².